The van der Waals surface area contributed by atoms with Gasteiger partial charge >= 0.3 is 5.97 Å². The molecule has 0 saturated heterocycles. The Kier molecular flexibility index (Phi) is 2.79. The normalized spacial score (nSPS) is 11.3. The fourth-order valence-electron chi connectivity index (χ4n) is 2.64. The molecule has 1 heterocycles. The largest absolute Gasteiger partial charge is 0.481 e. The molecule has 0 spiro atoms. The Labute approximate surface area is 115 Å². The van der Waals surface area contributed by atoms with Crippen LogP contribution in [0.3, 0.4) is 0 Å². The predicted octanol–water partition coefficient (Wildman–Crippen LogP) is 4.30. The van der Waals surface area contributed by atoms with Crippen molar-refractivity contribution < 1.29 is 9.90 Å². The highest BCUT2D eigenvalue weighted by atomic mass is 32.1. The summed E-state index contributed by atoms with van der Waals surface area (Å²) in [4.78, 5) is 12.4. The second kappa shape index (κ2) is 4.35. The minimum absolute atomic E-state index is 0.0782. The molecular weight excluding hydrogens is 256 g/mol. The fraction of sp³-hybridized carbons (Fsp3) is 0.188. The zero-order chi connectivity index (χ0) is 13.6. The summed E-state index contributed by atoms with van der Waals surface area (Å²) in [6, 6.07) is 10.2. The van der Waals surface area contributed by atoms with Crippen molar-refractivity contribution in [2.45, 2.75) is 20.3 Å². The van der Waals surface area contributed by atoms with Crippen molar-refractivity contribution in [3.63, 3.8) is 0 Å². The molecule has 0 amide bonds. The Hall–Kier alpha value is -1.87. The van der Waals surface area contributed by atoms with E-state index in [4.69, 9.17) is 0 Å². The quantitative estimate of drug-likeness (QED) is 0.754. The van der Waals surface area contributed by atoms with Crippen molar-refractivity contribution in [3.8, 4) is 0 Å². The van der Waals surface area contributed by atoms with Crippen LogP contribution < -0.4 is 0 Å². The Balaban J connectivity index is 2.50. The lowest BCUT2D eigenvalue weighted by Crippen LogP contribution is -2.01. The summed E-state index contributed by atoms with van der Waals surface area (Å²) in [5, 5.41) is 12.5. The second-order valence-electron chi connectivity index (χ2n) is 4.80. The minimum atomic E-state index is -0.777. The van der Waals surface area contributed by atoms with E-state index in [1.165, 1.54) is 15.1 Å². The smallest absolute Gasteiger partial charge is 0.307 e. The maximum absolute atomic E-state index is 11.2. The van der Waals surface area contributed by atoms with E-state index >= 15 is 0 Å². The van der Waals surface area contributed by atoms with Gasteiger partial charge in [0.05, 0.1) is 6.42 Å². The van der Waals surface area contributed by atoms with Crippen LogP contribution >= 0.6 is 11.3 Å². The summed E-state index contributed by atoms with van der Waals surface area (Å²) in [6.45, 7) is 4.17. The van der Waals surface area contributed by atoms with Crippen molar-refractivity contribution >= 4 is 38.2 Å². The first-order valence-electron chi connectivity index (χ1n) is 6.20. The molecule has 0 aliphatic carbocycles. The molecule has 2 aromatic carbocycles. The summed E-state index contributed by atoms with van der Waals surface area (Å²) < 4.78 is 1.19. The van der Waals surface area contributed by atoms with Crippen molar-refractivity contribution in [1.82, 2.24) is 0 Å². The molecule has 0 aliphatic heterocycles. The van der Waals surface area contributed by atoms with E-state index < -0.39 is 5.97 Å². The molecule has 0 aliphatic rings. The average Bonchev–Trinajstić information content (AvgIpc) is 2.64. The van der Waals surface area contributed by atoms with Gasteiger partial charge < -0.3 is 5.11 Å². The number of thiophene rings is 1. The summed E-state index contributed by atoms with van der Waals surface area (Å²) >= 11 is 1.74. The number of aryl methyl sites for hydroxylation is 2. The van der Waals surface area contributed by atoms with Crippen LogP contribution in [0.1, 0.15) is 16.0 Å². The summed E-state index contributed by atoms with van der Waals surface area (Å²) in [7, 11) is 0. The Morgan fingerprint density at radius 2 is 2.00 bits per heavy atom. The molecule has 0 fully saturated rings. The number of carbonyl (C=O) groups is 1. The van der Waals surface area contributed by atoms with Gasteiger partial charge in [0.15, 0.2) is 0 Å². The fourth-order valence-corrected chi connectivity index (χ4v) is 3.79. The third kappa shape index (κ3) is 1.90. The van der Waals surface area contributed by atoms with Gasteiger partial charge in [-0.15, -0.1) is 11.3 Å². The van der Waals surface area contributed by atoms with E-state index in [9.17, 15) is 9.90 Å². The average molecular weight is 270 g/mol. The number of fused-ring (bicyclic) bond motifs is 2. The first-order chi connectivity index (χ1) is 9.08. The molecule has 3 aromatic rings. The van der Waals surface area contributed by atoms with Crippen LogP contribution in [0.25, 0.3) is 20.9 Å². The SMILES string of the molecule is Cc1sc2cc3ccccc3c(CC(=O)O)c2c1C. The molecule has 0 radical (unpaired) electrons. The van der Waals surface area contributed by atoms with Gasteiger partial charge in [-0.25, -0.2) is 0 Å². The summed E-state index contributed by atoms with van der Waals surface area (Å²) in [5.41, 5.74) is 2.16. The van der Waals surface area contributed by atoms with Gasteiger partial charge in [-0.1, -0.05) is 24.3 Å². The molecule has 2 nitrogen and oxygen atoms in total. The number of carboxylic acids is 1. The number of aliphatic carboxylic acids is 1. The minimum Gasteiger partial charge on any atom is -0.481 e. The van der Waals surface area contributed by atoms with Crippen LogP contribution in [-0.2, 0) is 11.2 Å². The third-order valence-corrected chi connectivity index (χ3v) is 4.77. The summed E-state index contributed by atoms with van der Waals surface area (Å²) in [6.07, 6.45) is 0.0782. The highest BCUT2D eigenvalue weighted by molar-refractivity contribution is 7.19. The molecule has 0 unspecified atom stereocenters. The number of carboxylic acid groups (broad SMARTS) is 1. The molecule has 1 aromatic heterocycles. The summed E-state index contributed by atoms with van der Waals surface area (Å²) in [5.74, 6) is -0.777. The zero-order valence-electron chi connectivity index (χ0n) is 10.9. The molecule has 19 heavy (non-hydrogen) atoms. The van der Waals surface area contributed by atoms with Gasteiger partial charge in [0.1, 0.15) is 0 Å². The van der Waals surface area contributed by atoms with Crippen LogP contribution in [0.5, 0.6) is 0 Å². The molecule has 96 valence electrons. The highest BCUT2D eigenvalue weighted by Gasteiger charge is 2.15. The van der Waals surface area contributed by atoms with E-state index in [2.05, 4.69) is 19.9 Å². The van der Waals surface area contributed by atoms with E-state index in [0.29, 0.717) is 0 Å². The topological polar surface area (TPSA) is 37.3 Å². The zero-order valence-corrected chi connectivity index (χ0v) is 11.7. The van der Waals surface area contributed by atoms with E-state index in [1.807, 2.05) is 24.3 Å². The Morgan fingerprint density at radius 3 is 2.74 bits per heavy atom. The highest BCUT2D eigenvalue weighted by Crippen LogP contribution is 2.37. The van der Waals surface area contributed by atoms with Crippen molar-refractivity contribution in [2.75, 3.05) is 0 Å². The first kappa shape index (κ1) is 12.2. The molecule has 3 heteroatoms. The number of rotatable bonds is 2. The predicted molar refractivity (Wildman–Crippen MR) is 80.1 cm³/mol. The number of benzene rings is 2. The number of hydrogen-bond acceptors (Lipinski definition) is 2. The van der Waals surface area contributed by atoms with Crippen molar-refractivity contribution in [2.24, 2.45) is 0 Å². The van der Waals surface area contributed by atoms with Gasteiger partial charge in [0, 0.05) is 15.0 Å². The molecule has 3 rings (SSSR count). The van der Waals surface area contributed by atoms with Gasteiger partial charge in [0.2, 0.25) is 0 Å². The maximum Gasteiger partial charge on any atom is 0.307 e. The van der Waals surface area contributed by atoms with Gasteiger partial charge in [-0.05, 0) is 41.8 Å². The molecular formula is C16H14O2S. The van der Waals surface area contributed by atoms with Crippen molar-refractivity contribution in [1.29, 1.82) is 0 Å². The molecule has 0 atom stereocenters. The van der Waals surface area contributed by atoms with Crippen LogP contribution in [0.2, 0.25) is 0 Å². The lowest BCUT2D eigenvalue weighted by molar-refractivity contribution is -0.136. The lowest BCUT2D eigenvalue weighted by Gasteiger charge is -2.08. The molecule has 1 N–H and O–H groups in total. The van der Waals surface area contributed by atoms with Crippen LogP contribution in [-0.4, -0.2) is 11.1 Å². The standard InChI is InChI=1S/C16H14O2S/c1-9-10(2)19-14-7-11-5-3-4-6-12(11)13(16(9)14)8-15(17)18/h3-7H,8H2,1-2H3,(H,17,18). The van der Waals surface area contributed by atoms with Crippen LogP contribution in [0, 0.1) is 13.8 Å². The third-order valence-electron chi connectivity index (χ3n) is 3.61. The van der Waals surface area contributed by atoms with Crippen LogP contribution in [0.4, 0.5) is 0 Å². The molecule has 0 bridgehead atoms. The second-order valence-corrected chi connectivity index (χ2v) is 6.06. The van der Waals surface area contributed by atoms with Gasteiger partial charge in [-0.2, -0.15) is 0 Å². The van der Waals surface area contributed by atoms with Gasteiger partial charge in [0.25, 0.3) is 0 Å². The first-order valence-corrected chi connectivity index (χ1v) is 7.01. The van der Waals surface area contributed by atoms with E-state index in [-0.39, 0.29) is 6.42 Å². The Bertz CT molecular complexity index is 799. The Morgan fingerprint density at radius 1 is 1.26 bits per heavy atom. The maximum atomic E-state index is 11.2. The lowest BCUT2D eigenvalue weighted by atomic mass is 9.96. The van der Waals surface area contributed by atoms with E-state index in [0.717, 1.165) is 21.7 Å². The van der Waals surface area contributed by atoms with Crippen molar-refractivity contribution in [3.05, 3.63) is 46.3 Å². The number of hydrogen-bond donors (Lipinski definition) is 1. The monoisotopic (exact) mass is 270 g/mol. The van der Waals surface area contributed by atoms with E-state index in [1.54, 1.807) is 11.3 Å². The van der Waals surface area contributed by atoms with Crippen LogP contribution in [0.15, 0.2) is 30.3 Å². The molecule has 0 saturated carbocycles. The van der Waals surface area contributed by atoms with Gasteiger partial charge in [-0.3, -0.25) is 4.79 Å².